The predicted molar refractivity (Wildman–Crippen MR) is 136 cm³/mol. The van der Waals surface area contributed by atoms with Crippen LogP contribution in [0.15, 0.2) is 24.3 Å². The Morgan fingerprint density at radius 3 is 2.51 bits per heavy atom. The Morgan fingerprint density at radius 2 is 1.92 bits per heavy atom. The number of hydrogen-bond donors (Lipinski definition) is 2. The van der Waals surface area contributed by atoms with E-state index in [2.05, 4.69) is 4.72 Å². The van der Waals surface area contributed by atoms with Crippen LogP contribution in [0.5, 0.6) is 0 Å². The molecule has 4 rings (SSSR count). The zero-order valence-electron chi connectivity index (χ0n) is 21.1. The molecule has 1 aliphatic carbocycles. The van der Waals surface area contributed by atoms with Gasteiger partial charge in [0, 0.05) is 31.6 Å². The number of amides is 1. The lowest BCUT2D eigenvalue weighted by molar-refractivity contribution is -0.00709. The number of benzene rings is 1. The maximum absolute atomic E-state index is 13.6. The van der Waals surface area contributed by atoms with Crippen LogP contribution in [0.2, 0.25) is 0 Å². The molecule has 1 aromatic rings. The zero-order chi connectivity index (χ0) is 27.0. The van der Waals surface area contributed by atoms with Crippen molar-refractivity contribution < 1.29 is 35.9 Å². The van der Waals surface area contributed by atoms with Gasteiger partial charge >= 0.3 is 6.09 Å². The summed E-state index contributed by atoms with van der Waals surface area (Å²) in [5.74, 6) is -0.308. The van der Waals surface area contributed by atoms with Gasteiger partial charge in [-0.15, -0.1) is 0 Å². The van der Waals surface area contributed by atoms with Gasteiger partial charge in [0.25, 0.3) is 10.2 Å². The van der Waals surface area contributed by atoms with E-state index in [0.29, 0.717) is 6.42 Å². The van der Waals surface area contributed by atoms with Crippen molar-refractivity contribution in [1.82, 2.24) is 13.9 Å². The summed E-state index contributed by atoms with van der Waals surface area (Å²) < 4.78 is 72.3. The number of carbonyl (C=O) groups is 1. The van der Waals surface area contributed by atoms with Crippen LogP contribution in [0.4, 0.5) is 9.18 Å². The molecular formula is C24H36FN3O7S2. The molecule has 2 aliphatic heterocycles. The number of halogens is 1. The van der Waals surface area contributed by atoms with E-state index in [4.69, 9.17) is 4.74 Å². The summed E-state index contributed by atoms with van der Waals surface area (Å²) in [7, 11) is -5.63. The van der Waals surface area contributed by atoms with Crippen molar-refractivity contribution in [2.45, 2.75) is 69.2 Å². The Labute approximate surface area is 218 Å². The average molecular weight is 562 g/mol. The van der Waals surface area contributed by atoms with E-state index in [0.717, 1.165) is 35.6 Å². The molecule has 0 unspecified atom stereocenters. The number of hydrogen-bond acceptors (Lipinski definition) is 6. The van der Waals surface area contributed by atoms with Gasteiger partial charge in [0.05, 0.1) is 30.3 Å². The van der Waals surface area contributed by atoms with Crippen LogP contribution in [-0.2, 0) is 24.8 Å². The molecule has 0 bridgehead atoms. The summed E-state index contributed by atoms with van der Waals surface area (Å²) in [6.45, 7) is 1.88. The highest BCUT2D eigenvalue weighted by Gasteiger charge is 2.45. The molecule has 3 aliphatic rings. The van der Waals surface area contributed by atoms with Gasteiger partial charge < -0.3 is 9.84 Å². The van der Waals surface area contributed by atoms with Crippen molar-refractivity contribution >= 4 is 26.1 Å². The second-order valence-corrected chi connectivity index (χ2v) is 14.6. The molecular weight excluding hydrogens is 525 g/mol. The van der Waals surface area contributed by atoms with Crippen molar-refractivity contribution in [1.29, 1.82) is 0 Å². The third-order valence-corrected chi connectivity index (χ3v) is 11.3. The quantitative estimate of drug-likeness (QED) is 0.472. The molecule has 0 spiro atoms. The van der Waals surface area contributed by atoms with Gasteiger partial charge in [0.2, 0.25) is 0 Å². The van der Waals surface area contributed by atoms with E-state index >= 15 is 0 Å². The molecule has 2 saturated heterocycles. The molecule has 37 heavy (non-hydrogen) atoms. The molecule has 2 heterocycles. The molecule has 3 fully saturated rings. The summed E-state index contributed by atoms with van der Waals surface area (Å²) in [5, 5.41) is 9.80. The van der Waals surface area contributed by atoms with Crippen molar-refractivity contribution in [2.75, 3.05) is 31.7 Å². The van der Waals surface area contributed by atoms with Crippen molar-refractivity contribution in [3.8, 4) is 0 Å². The second-order valence-electron chi connectivity index (χ2n) is 10.7. The van der Waals surface area contributed by atoms with E-state index < -0.39 is 44.3 Å². The van der Waals surface area contributed by atoms with Gasteiger partial charge in [-0.25, -0.2) is 17.6 Å². The van der Waals surface area contributed by atoms with Crippen molar-refractivity contribution in [3.63, 3.8) is 0 Å². The fourth-order valence-corrected chi connectivity index (χ4v) is 8.66. The summed E-state index contributed by atoms with van der Waals surface area (Å²) >= 11 is 0. The van der Waals surface area contributed by atoms with Crippen LogP contribution in [0.25, 0.3) is 0 Å². The summed E-state index contributed by atoms with van der Waals surface area (Å²) in [4.78, 5) is 13.2. The number of likely N-dealkylation sites (tertiary alicyclic amines) is 1. The molecule has 13 heteroatoms. The normalized spacial score (nSPS) is 30.4. The molecule has 1 saturated carbocycles. The fraction of sp³-hybridized carbons (Fsp3) is 0.708. The molecule has 1 aromatic carbocycles. The Kier molecular flexibility index (Phi) is 8.49. The smallest absolute Gasteiger partial charge is 0.407 e. The Morgan fingerprint density at radius 1 is 1.24 bits per heavy atom. The molecule has 10 nitrogen and oxygen atoms in total. The zero-order valence-corrected chi connectivity index (χ0v) is 22.8. The largest absolute Gasteiger partial charge is 0.465 e. The van der Waals surface area contributed by atoms with Crippen LogP contribution in [0.1, 0.15) is 50.5 Å². The molecule has 208 valence electrons. The third-order valence-electron chi connectivity index (χ3n) is 7.81. The van der Waals surface area contributed by atoms with E-state index in [1.165, 1.54) is 18.0 Å². The summed E-state index contributed by atoms with van der Waals surface area (Å²) in [5.41, 5.74) is 0.971. The van der Waals surface area contributed by atoms with Gasteiger partial charge in [-0.1, -0.05) is 12.1 Å². The van der Waals surface area contributed by atoms with Crippen molar-refractivity contribution in [3.05, 3.63) is 35.6 Å². The predicted octanol–water partition coefficient (Wildman–Crippen LogP) is 2.19. The topological polar surface area (TPSA) is 133 Å². The lowest BCUT2D eigenvalue weighted by atomic mass is 9.82. The van der Waals surface area contributed by atoms with Gasteiger partial charge in [-0.3, -0.25) is 4.90 Å². The number of nitrogens with one attached hydrogen (secondary N) is 1. The SMILES string of the molecule is C[C@@H]1C[C@H](NS(=O)(=O)N(C)CC2CS(=O)(=O)C2)[C@H](CO[C@H]2CC[C@@H](c3cccc(F)c3)CC2)N1C(=O)O. The number of sulfone groups is 1. The van der Waals surface area contributed by atoms with E-state index in [9.17, 15) is 31.1 Å². The van der Waals surface area contributed by atoms with Crippen LogP contribution in [-0.4, -0.2) is 93.2 Å². The van der Waals surface area contributed by atoms with Crippen LogP contribution >= 0.6 is 0 Å². The molecule has 0 radical (unpaired) electrons. The first kappa shape index (κ1) is 28.2. The molecule has 1 amide bonds. The maximum atomic E-state index is 13.6. The highest BCUT2D eigenvalue weighted by Crippen LogP contribution is 2.35. The van der Waals surface area contributed by atoms with Crippen LogP contribution in [0.3, 0.4) is 0 Å². The number of nitrogens with zero attached hydrogens (tertiary/aromatic N) is 2. The number of ether oxygens (including phenoxy) is 1. The summed E-state index contributed by atoms with van der Waals surface area (Å²) in [6, 6.07) is 4.86. The highest BCUT2D eigenvalue weighted by atomic mass is 32.2. The second kappa shape index (κ2) is 11.1. The Bertz CT molecular complexity index is 1180. The van der Waals surface area contributed by atoms with E-state index in [1.807, 2.05) is 6.07 Å². The molecule has 3 atom stereocenters. The van der Waals surface area contributed by atoms with E-state index in [1.54, 1.807) is 19.1 Å². The fourth-order valence-electron chi connectivity index (χ4n) is 5.89. The van der Waals surface area contributed by atoms with Gasteiger partial charge in [-0.05, 0) is 62.6 Å². The minimum absolute atomic E-state index is 0.0297. The first-order chi connectivity index (χ1) is 17.3. The molecule has 2 N–H and O–H groups in total. The number of carboxylic acid groups (broad SMARTS) is 1. The van der Waals surface area contributed by atoms with Crippen LogP contribution < -0.4 is 4.72 Å². The third kappa shape index (κ3) is 6.80. The monoisotopic (exact) mass is 561 g/mol. The van der Waals surface area contributed by atoms with E-state index in [-0.39, 0.29) is 48.4 Å². The average Bonchev–Trinajstić information content (AvgIpc) is 3.10. The molecule has 0 aromatic heterocycles. The first-order valence-corrected chi connectivity index (χ1v) is 15.9. The van der Waals surface area contributed by atoms with Gasteiger partial charge in [-0.2, -0.15) is 17.4 Å². The Hall–Kier alpha value is -1.80. The highest BCUT2D eigenvalue weighted by molar-refractivity contribution is 7.92. The minimum Gasteiger partial charge on any atom is -0.465 e. The lowest BCUT2D eigenvalue weighted by Crippen LogP contribution is -2.54. The maximum Gasteiger partial charge on any atom is 0.407 e. The number of rotatable bonds is 9. The van der Waals surface area contributed by atoms with Crippen molar-refractivity contribution in [2.24, 2.45) is 5.92 Å². The first-order valence-electron chi connectivity index (χ1n) is 12.7. The Balaban J connectivity index is 1.35. The minimum atomic E-state index is -3.96. The van der Waals surface area contributed by atoms with Gasteiger partial charge in [0.15, 0.2) is 9.84 Å². The lowest BCUT2D eigenvalue weighted by Gasteiger charge is -2.33. The van der Waals surface area contributed by atoms with Crippen LogP contribution in [0, 0.1) is 11.7 Å². The summed E-state index contributed by atoms with van der Waals surface area (Å²) in [6.07, 6.45) is 2.24. The van der Waals surface area contributed by atoms with Gasteiger partial charge in [0.1, 0.15) is 5.82 Å². The standard InChI is InChI=1S/C24H36FN3O7S2/c1-16-10-22(26-37(33,34)27(2)12-17-14-36(31,32)15-17)23(28(16)24(29)30)13-35-21-8-6-18(7-9-21)19-4-3-5-20(25)11-19/h3-5,11,16-18,21-23,26H,6-10,12-15H2,1-2H3,(H,29,30)/t16-,18-,21+,22+,23+/m1/s1.